The van der Waals surface area contributed by atoms with Crippen molar-refractivity contribution in [3.63, 3.8) is 0 Å². The van der Waals surface area contributed by atoms with Gasteiger partial charge in [-0.1, -0.05) is 22.0 Å². The van der Waals surface area contributed by atoms with Gasteiger partial charge in [0, 0.05) is 29.7 Å². The van der Waals surface area contributed by atoms with E-state index in [2.05, 4.69) is 26.0 Å². The molecule has 0 aromatic heterocycles. The summed E-state index contributed by atoms with van der Waals surface area (Å²) in [6.07, 6.45) is 1.62. The number of sulfonamides is 1. The molecule has 2 N–H and O–H groups in total. The summed E-state index contributed by atoms with van der Waals surface area (Å²) < 4.78 is 46.9. The standard InChI is InChI=1S/C19H20BrFN2O4S/c20-18-7-6-15(21)9-14(18)11-22-19(24)13-3-1-5-17(10-13)28(25,26)23-12-16-4-2-8-27-16/h1,3,5-7,9-10,16,23H,2,4,8,11-12H2,(H,22,24). The molecule has 9 heteroatoms. The smallest absolute Gasteiger partial charge is 0.251 e. The lowest BCUT2D eigenvalue weighted by molar-refractivity contribution is 0.0950. The molecule has 0 spiro atoms. The van der Waals surface area contributed by atoms with E-state index in [0.717, 1.165) is 12.8 Å². The fraction of sp³-hybridized carbons (Fsp3) is 0.316. The highest BCUT2D eigenvalue weighted by molar-refractivity contribution is 9.10. The molecule has 6 nitrogen and oxygen atoms in total. The van der Waals surface area contributed by atoms with E-state index >= 15 is 0 Å². The van der Waals surface area contributed by atoms with Gasteiger partial charge in [-0.05, 0) is 54.8 Å². The van der Waals surface area contributed by atoms with Crippen molar-refractivity contribution in [3.05, 3.63) is 63.9 Å². The summed E-state index contributed by atoms with van der Waals surface area (Å²) in [5.41, 5.74) is 0.780. The zero-order chi connectivity index (χ0) is 20.1. The third-order valence-corrected chi connectivity index (χ3v) is 6.57. The van der Waals surface area contributed by atoms with Crippen LogP contribution in [0.3, 0.4) is 0 Å². The molecule has 1 heterocycles. The highest BCUT2D eigenvalue weighted by Crippen LogP contribution is 2.18. The van der Waals surface area contributed by atoms with Gasteiger partial charge < -0.3 is 10.1 Å². The number of benzene rings is 2. The Morgan fingerprint density at radius 2 is 2.07 bits per heavy atom. The van der Waals surface area contributed by atoms with Gasteiger partial charge >= 0.3 is 0 Å². The van der Waals surface area contributed by atoms with Crippen molar-refractivity contribution in [2.24, 2.45) is 0 Å². The molecule has 0 radical (unpaired) electrons. The second kappa shape index (κ2) is 9.13. The van der Waals surface area contributed by atoms with Crippen molar-refractivity contribution in [1.29, 1.82) is 0 Å². The molecule has 2 aromatic carbocycles. The Morgan fingerprint density at radius 1 is 1.25 bits per heavy atom. The zero-order valence-corrected chi connectivity index (χ0v) is 17.4. The minimum atomic E-state index is -3.75. The first-order valence-electron chi connectivity index (χ1n) is 8.78. The van der Waals surface area contributed by atoms with Gasteiger partial charge in [0.2, 0.25) is 10.0 Å². The maximum Gasteiger partial charge on any atom is 0.251 e. The third kappa shape index (κ3) is 5.38. The maximum absolute atomic E-state index is 13.3. The van der Waals surface area contributed by atoms with Crippen LogP contribution < -0.4 is 10.0 Å². The first-order chi connectivity index (χ1) is 13.3. The van der Waals surface area contributed by atoms with E-state index in [9.17, 15) is 17.6 Å². The van der Waals surface area contributed by atoms with Crippen LogP contribution in [0.2, 0.25) is 0 Å². The number of amides is 1. The number of nitrogens with one attached hydrogen (secondary N) is 2. The van der Waals surface area contributed by atoms with E-state index in [4.69, 9.17) is 4.74 Å². The molecule has 0 saturated carbocycles. The summed E-state index contributed by atoms with van der Waals surface area (Å²) in [4.78, 5) is 12.4. The molecule has 1 atom stereocenters. The quantitative estimate of drug-likeness (QED) is 0.651. The van der Waals surface area contributed by atoms with Crippen LogP contribution in [0.1, 0.15) is 28.8 Å². The molecule has 1 amide bonds. The third-order valence-electron chi connectivity index (χ3n) is 4.38. The number of halogens is 2. The van der Waals surface area contributed by atoms with Crippen LogP contribution in [-0.4, -0.2) is 33.6 Å². The summed E-state index contributed by atoms with van der Waals surface area (Å²) in [6, 6.07) is 9.96. The zero-order valence-electron chi connectivity index (χ0n) is 15.0. The van der Waals surface area contributed by atoms with Gasteiger partial charge in [-0.25, -0.2) is 17.5 Å². The number of carbonyl (C=O) groups is 1. The fourth-order valence-corrected chi connectivity index (χ4v) is 4.35. The van der Waals surface area contributed by atoms with Crippen LogP contribution in [0.15, 0.2) is 51.8 Å². The van der Waals surface area contributed by atoms with E-state index in [0.29, 0.717) is 16.6 Å². The number of hydrogen-bond donors (Lipinski definition) is 2. The van der Waals surface area contributed by atoms with Gasteiger partial charge in [0.1, 0.15) is 5.82 Å². The predicted octanol–water partition coefficient (Wildman–Crippen LogP) is 2.98. The topological polar surface area (TPSA) is 84.5 Å². The van der Waals surface area contributed by atoms with Crippen LogP contribution in [-0.2, 0) is 21.3 Å². The lowest BCUT2D eigenvalue weighted by Gasteiger charge is -2.12. The summed E-state index contributed by atoms with van der Waals surface area (Å²) in [7, 11) is -3.75. The minimum Gasteiger partial charge on any atom is -0.377 e. The molecule has 1 aliphatic rings. The van der Waals surface area contributed by atoms with E-state index in [1.54, 1.807) is 6.07 Å². The van der Waals surface area contributed by atoms with Crippen LogP contribution in [0.25, 0.3) is 0 Å². The Hall–Kier alpha value is -1.81. The first-order valence-corrected chi connectivity index (χ1v) is 11.1. The molecule has 1 unspecified atom stereocenters. The van der Waals surface area contributed by atoms with Gasteiger partial charge in [0.25, 0.3) is 5.91 Å². The van der Waals surface area contributed by atoms with Crippen LogP contribution in [0.5, 0.6) is 0 Å². The second-order valence-corrected chi connectivity index (χ2v) is 9.05. The Kier molecular flexibility index (Phi) is 6.82. The van der Waals surface area contributed by atoms with Crippen molar-refractivity contribution in [2.75, 3.05) is 13.2 Å². The lowest BCUT2D eigenvalue weighted by atomic mass is 10.2. The Bertz CT molecular complexity index is 962. The number of rotatable bonds is 7. The van der Waals surface area contributed by atoms with E-state index in [1.807, 2.05) is 0 Å². The van der Waals surface area contributed by atoms with E-state index < -0.39 is 21.7 Å². The number of ether oxygens (including phenoxy) is 1. The Labute approximate surface area is 171 Å². The largest absolute Gasteiger partial charge is 0.377 e. The van der Waals surface area contributed by atoms with Gasteiger partial charge in [0.15, 0.2) is 0 Å². The Morgan fingerprint density at radius 3 is 2.82 bits per heavy atom. The van der Waals surface area contributed by atoms with E-state index in [1.165, 1.54) is 36.4 Å². The van der Waals surface area contributed by atoms with E-state index in [-0.39, 0.29) is 29.7 Å². The predicted molar refractivity (Wildman–Crippen MR) is 106 cm³/mol. The molecular formula is C19H20BrFN2O4S. The average molecular weight is 471 g/mol. The minimum absolute atomic E-state index is 0.00471. The second-order valence-electron chi connectivity index (χ2n) is 6.43. The average Bonchev–Trinajstić information content (AvgIpc) is 3.21. The SMILES string of the molecule is O=C(NCc1cc(F)ccc1Br)c1cccc(S(=O)(=O)NCC2CCCO2)c1. The molecule has 3 rings (SSSR count). The summed E-state index contributed by atoms with van der Waals surface area (Å²) in [5.74, 6) is -0.856. The molecule has 0 aliphatic carbocycles. The van der Waals surface area contributed by atoms with Gasteiger partial charge in [-0.3, -0.25) is 4.79 Å². The van der Waals surface area contributed by atoms with Gasteiger partial charge in [-0.2, -0.15) is 0 Å². The number of carbonyl (C=O) groups excluding carboxylic acids is 1. The van der Waals surface area contributed by atoms with Crippen molar-refractivity contribution < 1.29 is 22.3 Å². The molecule has 1 aliphatic heterocycles. The van der Waals surface area contributed by atoms with Crippen LogP contribution in [0, 0.1) is 5.82 Å². The fourth-order valence-electron chi connectivity index (χ4n) is 2.85. The molecule has 2 aromatic rings. The van der Waals surface area contributed by atoms with Gasteiger partial charge in [-0.15, -0.1) is 0 Å². The monoisotopic (exact) mass is 470 g/mol. The van der Waals surface area contributed by atoms with Crippen LogP contribution >= 0.6 is 15.9 Å². The van der Waals surface area contributed by atoms with Gasteiger partial charge in [0.05, 0.1) is 11.0 Å². The molecular weight excluding hydrogens is 451 g/mol. The molecule has 150 valence electrons. The Balaban J connectivity index is 1.66. The van der Waals surface area contributed by atoms with Crippen LogP contribution in [0.4, 0.5) is 4.39 Å². The number of hydrogen-bond acceptors (Lipinski definition) is 4. The molecule has 1 saturated heterocycles. The van der Waals surface area contributed by atoms with Crippen molar-refractivity contribution in [2.45, 2.75) is 30.4 Å². The summed E-state index contributed by atoms with van der Waals surface area (Å²) in [6.45, 7) is 0.946. The normalized spacial score (nSPS) is 16.9. The maximum atomic E-state index is 13.3. The molecule has 28 heavy (non-hydrogen) atoms. The summed E-state index contributed by atoms with van der Waals surface area (Å²) in [5, 5.41) is 2.67. The molecule has 1 fully saturated rings. The lowest BCUT2D eigenvalue weighted by Crippen LogP contribution is -2.32. The van der Waals surface area contributed by atoms with Crippen molar-refractivity contribution in [3.8, 4) is 0 Å². The van der Waals surface area contributed by atoms with Crippen molar-refractivity contribution >= 4 is 31.9 Å². The highest BCUT2D eigenvalue weighted by Gasteiger charge is 2.21. The highest BCUT2D eigenvalue weighted by atomic mass is 79.9. The summed E-state index contributed by atoms with van der Waals surface area (Å²) >= 11 is 3.30. The van der Waals surface area contributed by atoms with Crippen molar-refractivity contribution in [1.82, 2.24) is 10.0 Å². The first kappa shape index (κ1) is 20.9. The molecule has 0 bridgehead atoms.